The number of benzene rings is 3. The fraction of sp³-hybridized carbons (Fsp3) is 0.419. The van der Waals surface area contributed by atoms with Gasteiger partial charge in [-0.25, -0.2) is 0 Å². The molecule has 3 saturated heterocycles. The minimum atomic E-state index is 0.358. The summed E-state index contributed by atoms with van der Waals surface area (Å²) in [6.07, 6.45) is 4.86. The minimum absolute atomic E-state index is 0.358. The van der Waals surface area contributed by atoms with Gasteiger partial charge in [-0.2, -0.15) is 0 Å². The van der Waals surface area contributed by atoms with E-state index in [9.17, 15) is 0 Å². The van der Waals surface area contributed by atoms with E-state index in [0.717, 1.165) is 31.1 Å². The monoisotopic (exact) mass is 454 g/mol. The zero-order chi connectivity index (χ0) is 23.3. The molecule has 3 heteroatoms. The number of aryl methyl sites for hydroxylation is 1. The lowest BCUT2D eigenvalue weighted by atomic mass is 9.70. The Balaban J connectivity index is 1.47. The van der Waals surface area contributed by atoms with Gasteiger partial charge < -0.3 is 10.1 Å². The molecule has 2 bridgehead atoms. The maximum absolute atomic E-state index is 5.74. The van der Waals surface area contributed by atoms with Crippen molar-refractivity contribution in [1.82, 2.24) is 10.2 Å². The highest BCUT2D eigenvalue weighted by atomic mass is 16.5. The molecule has 0 unspecified atom stereocenters. The second-order valence-corrected chi connectivity index (χ2v) is 9.97. The first-order chi connectivity index (χ1) is 16.8. The van der Waals surface area contributed by atoms with Gasteiger partial charge in [0, 0.05) is 30.1 Å². The summed E-state index contributed by atoms with van der Waals surface area (Å²) >= 11 is 0. The minimum Gasteiger partial charge on any atom is -0.496 e. The molecule has 3 aromatic carbocycles. The van der Waals surface area contributed by atoms with Crippen LogP contribution in [0.2, 0.25) is 0 Å². The molecule has 34 heavy (non-hydrogen) atoms. The normalized spacial score (nSPS) is 23.9. The van der Waals surface area contributed by atoms with Crippen LogP contribution in [0.25, 0.3) is 0 Å². The molecule has 178 valence electrons. The molecule has 0 radical (unpaired) electrons. The van der Waals surface area contributed by atoms with Crippen molar-refractivity contribution in [2.75, 3.05) is 20.2 Å². The molecule has 3 nitrogen and oxygen atoms in total. The van der Waals surface area contributed by atoms with Crippen molar-refractivity contribution in [3.05, 3.63) is 101 Å². The van der Waals surface area contributed by atoms with Gasteiger partial charge in [-0.3, -0.25) is 4.90 Å². The van der Waals surface area contributed by atoms with Crippen molar-refractivity contribution in [2.24, 2.45) is 5.92 Å². The Kier molecular flexibility index (Phi) is 7.32. The predicted octanol–water partition coefficient (Wildman–Crippen LogP) is 6.03. The number of rotatable bonds is 9. The van der Waals surface area contributed by atoms with E-state index in [1.165, 1.54) is 48.2 Å². The second-order valence-electron chi connectivity index (χ2n) is 9.97. The molecule has 0 aliphatic carbocycles. The van der Waals surface area contributed by atoms with E-state index in [4.69, 9.17) is 4.74 Å². The van der Waals surface area contributed by atoms with Crippen LogP contribution < -0.4 is 10.1 Å². The molecule has 3 aromatic rings. The summed E-state index contributed by atoms with van der Waals surface area (Å²) in [5.41, 5.74) is 5.51. The van der Waals surface area contributed by atoms with Crippen LogP contribution in [0.5, 0.6) is 5.75 Å². The molecule has 3 aliphatic rings. The van der Waals surface area contributed by atoms with Crippen LogP contribution >= 0.6 is 0 Å². The maximum Gasteiger partial charge on any atom is 0.123 e. The number of nitrogens with one attached hydrogen (secondary N) is 1. The van der Waals surface area contributed by atoms with E-state index in [1.54, 1.807) is 7.11 Å². The van der Waals surface area contributed by atoms with Gasteiger partial charge >= 0.3 is 0 Å². The van der Waals surface area contributed by atoms with Gasteiger partial charge in [0.25, 0.3) is 0 Å². The third-order valence-electron chi connectivity index (χ3n) is 7.94. The number of methoxy groups -OCH3 is 1. The number of piperidine rings is 3. The lowest BCUT2D eigenvalue weighted by Crippen LogP contribution is -2.64. The van der Waals surface area contributed by atoms with Crippen molar-refractivity contribution < 1.29 is 4.74 Å². The summed E-state index contributed by atoms with van der Waals surface area (Å²) in [6, 6.07) is 29.9. The van der Waals surface area contributed by atoms with E-state index in [-0.39, 0.29) is 0 Å². The first kappa shape index (κ1) is 23.1. The smallest absolute Gasteiger partial charge is 0.123 e. The highest BCUT2D eigenvalue weighted by Gasteiger charge is 2.46. The third-order valence-corrected chi connectivity index (χ3v) is 7.94. The van der Waals surface area contributed by atoms with Gasteiger partial charge in [0.05, 0.1) is 7.11 Å². The summed E-state index contributed by atoms with van der Waals surface area (Å²) in [6.45, 7) is 5.51. The van der Waals surface area contributed by atoms with E-state index in [2.05, 4.69) is 96.0 Å². The molecule has 6 rings (SSSR count). The quantitative estimate of drug-likeness (QED) is 0.427. The number of nitrogens with zero attached hydrogens (tertiary/aromatic N) is 1. The molecule has 3 aliphatic heterocycles. The zero-order valence-electron chi connectivity index (χ0n) is 20.6. The van der Waals surface area contributed by atoms with Crippen molar-refractivity contribution in [2.45, 2.75) is 57.2 Å². The number of hydrogen-bond acceptors (Lipinski definition) is 3. The molecular formula is C31H38N2O. The average molecular weight is 455 g/mol. The lowest BCUT2D eigenvalue weighted by molar-refractivity contribution is 0.00462. The molecule has 1 N–H and O–H groups in total. The zero-order valence-corrected chi connectivity index (χ0v) is 20.6. The average Bonchev–Trinajstić information content (AvgIpc) is 2.90. The molecule has 0 amide bonds. The Bertz CT molecular complexity index is 1000. The molecular weight excluding hydrogens is 416 g/mol. The highest BCUT2D eigenvalue weighted by molar-refractivity contribution is 5.38. The van der Waals surface area contributed by atoms with Crippen molar-refractivity contribution in [1.29, 1.82) is 0 Å². The molecule has 2 atom stereocenters. The van der Waals surface area contributed by atoms with Crippen LogP contribution in [-0.4, -0.2) is 37.2 Å². The maximum atomic E-state index is 5.74. The first-order valence-corrected chi connectivity index (χ1v) is 13.0. The fourth-order valence-electron chi connectivity index (χ4n) is 6.34. The molecule has 0 spiro atoms. The van der Waals surface area contributed by atoms with Crippen LogP contribution in [0.1, 0.15) is 54.4 Å². The van der Waals surface area contributed by atoms with Gasteiger partial charge in [-0.15, -0.1) is 0 Å². The van der Waals surface area contributed by atoms with E-state index in [0.29, 0.717) is 18.0 Å². The van der Waals surface area contributed by atoms with E-state index >= 15 is 0 Å². The van der Waals surface area contributed by atoms with Gasteiger partial charge in [-0.05, 0) is 61.0 Å². The van der Waals surface area contributed by atoms with Crippen LogP contribution in [0.4, 0.5) is 0 Å². The van der Waals surface area contributed by atoms with Crippen molar-refractivity contribution in [3.63, 3.8) is 0 Å². The van der Waals surface area contributed by atoms with Crippen LogP contribution in [0, 0.1) is 5.92 Å². The lowest BCUT2D eigenvalue weighted by Gasteiger charge is -2.54. The third kappa shape index (κ3) is 4.78. The van der Waals surface area contributed by atoms with E-state index in [1.807, 2.05) is 0 Å². The number of ether oxygens (including phenoxy) is 1. The summed E-state index contributed by atoms with van der Waals surface area (Å²) in [7, 11) is 1.79. The van der Waals surface area contributed by atoms with Crippen molar-refractivity contribution >= 4 is 0 Å². The van der Waals surface area contributed by atoms with Crippen molar-refractivity contribution in [3.8, 4) is 5.75 Å². The van der Waals surface area contributed by atoms with Gasteiger partial charge in [0.2, 0.25) is 0 Å². The highest BCUT2D eigenvalue weighted by Crippen LogP contribution is 2.42. The Hall–Kier alpha value is -2.62. The topological polar surface area (TPSA) is 24.5 Å². The predicted molar refractivity (Wildman–Crippen MR) is 140 cm³/mol. The Labute approximate surface area is 205 Å². The van der Waals surface area contributed by atoms with E-state index < -0.39 is 0 Å². The summed E-state index contributed by atoms with van der Waals surface area (Å²) in [5, 5.41) is 4.06. The SMILES string of the molecule is CCCc1ccc(OC)c(CN[C@H]2C3CCN(CC3)[C@@H]2C(c2ccccc2)c2ccccc2)c1. The summed E-state index contributed by atoms with van der Waals surface area (Å²) < 4.78 is 5.74. The van der Waals surface area contributed by atoms with Crippen LogP contribution in [0.15, 0.2) is 78.9 Å². The van der Waals surface area contributed by atoms with Crippen LogP contribution in [0.3, 0.4) is 0 Å². The molecule has 3 fully saturated rings. The summed E-state index contributed by atoms with van der Waals surface area (Å²) in [5.74, 6) is 2.07. The standard InChI is InChI=1S/C31H38N2O/c1-3-10-23-15-16-28(34-2)27(21-23)22-32-30-26-17-19-33(20-18-26)31(30)29(24-11-6-4-7-12-24)25-13-8-5-9-14-25/h4-9,11-16,21,26,29-32H,3,10,17-20,22H2,1-2H3/t30-,31+/m0/s1. The Morgan fingerprint density at radius 3 is 2.15 bits per heavy atom. The van der Waals surface area contributed by atoms with Gasteiger partial charge in [0.1, 0.15) is 5.75 Å². The van der Waals surface area contributed by atoms with Gasteiger partial charge in [0.15, 0.2) is 0 Å². The second kappa shape index (κ2) is 10.8. The molecule has 0 saturated carbocycles. The first-order valence-electron chi connectivity index (χ1n) is 13.0. The van der Waals surface area contributed by atoms with Crippen LogP contribution in [-0.2, 0) is 13.0 Å². The molecule has 0 aromatic heterocycles. The summed E-state index contributed by atoms with van der Waals surface area (Å²) in [4.78, 5) is 2.76. The number of hydrogen-bond donors (Lipinski definition) is 1. The molecule has 3 heterocycles. The fourth-order valence-corrected chi connectivity index (χ4v) is 6.34. The Morgan fingerprint density at radius 1 is 0.912 bits per heavy atom. The largest absolute Gasteiger partial charge is 0.496 e. The number of fused-ring (bicyclic) bond motifs is 3. The Morgan fingerprint density at radius 2 is 1.56 bits per heavy atom. The van der Waals surface area contributed by atoms with Gasteiger partial charge in [-0.1, -0.05) is 86.1 Å².